The van der Waals surface area contributed by atoms with E-state index in [4.69, 9.17) is 5.73 Å². The summed E-state index contributed by atoms with van der Waals surface area (Å²) in [5, 5.41) is 2.70. The smallest absolute Gasteiger partial charge is 0.251 e. The second-order valence-corrected chi connectivity index (χ2v) is 7.66. The average Bonchev–Trinajstić information content (AvgIpc) is 2.55. The number of carbonyl (C=O) groups is 2. The predicted octanol–water partition coefficient (Wildman–Crippen LogP) is 2.97. The van der Waals surface area contributed by atoms with Gasteiger partial charge in [-0.2, -0.15) is 0 Å². The summed E-state index contributed by atoms with van der Waals surface area (Å²) in [6.45, 7) is 6.32. The molecule has 5 nitrogen and oxygen atoms in total. The maximum absolute atomic E-state index is 12.4. The average molecular weight is 404 g/mol. The monoisotopic (exact) mass is 403 g/mol. The number of amides is 2. The molecule has 1 aromatic heterocycles. The van der Waals surface area contributed by atoms with Crippen molar-refractivity contribution in [1.29, 1.82) is 0 Å². The molecule has 0 unspecified atom stereocenters. The third kappa shape index (κ3) is 5.13. The molecule has 2 aromatic rings. The first kappa shape index (κ1) is 19.1. The molecule has 0 aliphatic rings. The molecule has 0 aliphatic heterocycles. The lowest BCUT2D eigenvalue weighted by atomic mass is 9.86. The van der Waals surface area contributed by atoms with Gasteiger partial charge in [-0.05, 0) is 50.7 Å². The van der Waals surface area contributed by atoms with Gasteiger partial charge in [0.15, 0.2) is 0 Å². The van der Waals surface area contributed by atoms with Crippen LogP contribution in [0.3, 0.4) is 0 Å². The second-order valence-electron chi connectivity index (χ2n) is 6.91. The molecule has 0 radical (unpaired) electrons. The van der Waals surface area contributed by atoms with Gasteiger partial charge in [0.2, 0.25) is 5.91 Å². The van der Waals surface area contributed by atoms with E-state index in [1.54, 1.807) is 24.4 Å². The Morgan fingerprint density at radius 2 is 1.84 bits per heavy atom. The van der Waals surface area contributed by atoms with Crippen LogP contribution in [0.5, 0.6) is 0 Å². The standard InChI is InChI=1S/C19H22BrN3O2/c1-19(2,3)14-8-6-12(7-9-14)18(25)23-15(17(21)24)11-13-5-4-10-22-16(13)20/h4-10,15H,11H2,1-3H3,(H2,21,24)(H,23,25)/t15-/m0/s1. The highest BCUT2D eigenvalue weighted by Crippen LogP contribution is 2.22. The Morgan fingerprint density at radius 3 is 2.36 bits per heavy atom. The quantitative estimate of drug-likeness (QED) is 0.752. The van der Waals surface area contributed by atoms with Crippen LogP contribution < -0.4 is 11.1 Å². The molecule has 1 atom stereocenters. The first-order valence-corrected chi connectivity index (χ1v) is 8.78. The van der Waals surface area contributed by atoms with Crippen molar-refractivity contribution in [1.82, 2.24) is 10.3 Å². The molecule has 1 heterocycles. The molecule has 3 N–H and O–H groups in total. The van der Waals surface area contributed by atoms with E-state index in [1.165, 1.54) is 0 Å². The molecular formula is C19H22BrN3O2. The normalized spacial score (nSPS) is 12.5. The van der Waals surface area contributed by atoms with Gasteiger partial charge >= 0.3 is 0 Å². The fraction of sp³-hybridized carbons (Fsp3) is 0.316. The van der Waals surface area contributed by atoms with Crippen molar-refractivity contribution < 1.29 is 9.59 Å². The van der Waals surface area contributed by atoms with Gasteiger partial charge in [0.25, 0.3) is 5.91 Å². The maximum atomic E-state index is 12.4. The van der Waals surface area contributed by atoms with E-state index in [0.29, 0.717) is 10.2 Å². The molecule has 2 amide bonds. The predicted molar refractivity (Wildman–Crippen MR) is 101 cm³/mol. The number of nitrogens with one attached hydrogen (secondary N) is 1. The number of aromatic nitrogens is 1. The SMILES string of the molecule is CC(C)(C)c1ccc(C(=O)N[C@@H](Cc2cccnc2Br)C(N)=O)cc1. The van der Waals surface area contributed by atoms with Crippen LogP contribution in [0.1, 0.15) is 42.3 Å². The number of halogens is 1. The van der Waals surface area contributed by atoms with Crippen LogP contribution >= 0.6 is 15.9 Å². The van der Waals surface area contributed by atoms with E-state index in [9.17, 15) is 9.59 Å². The minimum atomic E-state index is -0.810. The Labute approximate surface area is 156 Å². The first-order chi connectivity index (χ1) is 11.7. The zero-order chi connectivity index (χ0) is 18.6. The zero-order valence-corrected chi connectivity index (χ0v) is 16.1. The lowest BCUT2D eigenvalue weighted by molar-refractivity contribution is -0.119. The molecule has 0 saturated carbocycles. The van der Waals surface area contributed by atoms with Crippen molar-refractivity contribution in [3.05, 3.63) is 63.9 Å². The molecule has 0 saturated heterocycles. The molecule has 1 aromatic carbocycles. The summed E-state index contributed by atoms with van der Waals surface area (Å²) in [7, 11) is 0. The number of hydrogen-bond donors (Lipinski definition) is 2. The summed E-state index contributed by atoms with van der Waals surface area (Å²) in [5.74, 6) is -0.917. The van der Waals surface area contributed by atoms with Gasteiger partial charge < -0.3 is 11.1 Å². The molecule has 0 spiro atoms. The van der Waals surface area contributed by atoms with E-state index in [2.05, 4.69) is 47.0 Å². The van der Waals surface area contributed by atoms with E-state index >= 15 is 0 Å². The van der Waals surface area contributed by atoms with Gasteiger partial charge in [0.05, 0.1) is 0 Å². The van der Waals surface area contributed by atoms with E-state index in [0.717, 1.165) is 11.1 Å². The Kier molecular flexibility index (Phi) is 5.95. The van der Waals surface area contributed by atoms with Crippen molar-refractivity contribution in [2.24, 2.45) is 5.73 Å². The summed E-state index contributed by atoms with van der Waals surface area (Å²) in [6.07, 6.45) is 1.91. The highest BCUT2D eigenvalue weighted by molar-refractivity contribution is 9.10. The summed E-state index contributed by atoms with van der Waals surface area (Å²) in [5.41, 5.74) is 7.89. The number of rotatable bonds is 5. The minimum Gasteiger partial charge on any atom is -0.368 e. The van der Waals surface area contributed by atoms with Crippen LogP contribution in [0.15, 0.2) is 47.2 Å². The van der Waals surface area contributed by atoms with Gasteiger partial charge in [0.1, 0.15) is 10.6 Å². The molecule has 0 aliphatic carbocycles. The van der Waals surface area contributed by atoms with Gasteiger partial charge in [-0.25, -0.2) is 4.98 Å². The number of nitrogens with zero attached hydrogens (tertiary/aromatic N) is 1. The summed E-state index contributed by atoms with van der Waals surface area (Å²) in [6, 6.07) is 10.2. The lowest BCUT2D eigenvalue weighted by Gasteiger charge is -2.20. The molecule has 0 fully saturated rings. The Hall–Kier alpha value is -2.21. The zero-order valence-electron chi connectivity index (χ0n) is 14.5. The second kappa shape index (κ2) is 7.78. The van der Waals surface area contributed by atoms with Gasteiger partial charge in [-0.15, -0.1) is 0 Å². The number of nitrogens with two attached hydrogens (primary N) is 1. The molecule has 25 heavy (non-hydrogen) atoms. The number of primary amides is 1. The molecular weight excluding hydrogens is 382 g/mol. The van der Waals surface area contributed by atoms with Crippen molar-refractivity contribution >= 4 is 27.7 Å². The van der Waals surface area contributed by atoms with Gasteiger partial charge in [-0.3, -0.25) is 9.59 Å². The molecule has 0 bridgehead atoms. The van der Waals surface area contributed by atoms with E-state index in [1.807, 2.05) is 18.2 Å². The fourth-order valence-corrected chi connectivity index (χ4v) is 2.79. The van der Waals surface area contributed by atoms with Crippen LogP contribution in [0.25, 0.3) is 0 Å². The van der Waals surface area contributed by atoms with Crippen LogP contribution in [0, 0.1) is 0 Å². The summed E-state index contributed by atoms with van der Waals surface area (Å²) >= 11 is 3.34. The summed E-state index contributed by atoms with van der Waals surface area (Å²) in [4.78, 5) is 28.3. The van der Waals surface area contributed by atoms with Gasteiger partial charge in [0, 0.05) is 18.2 Å². The third-order valence-corrected chi connectivity index (χ3v) is 4.64. The topological polar surface area (TPSA) is 85.1 Å². The van der Waals surface area contributed by atoms with Gasteiger partial charge in [-0.1, -0.05) is 39.0 Å². The molecule has 2 rings (SSSR count). The third-order valence-electron chi connectivity index (χ3n) is 3.92. The Morgan fingerprint density at radius 1 is 1.20 bits per heavy atom. The largest absolute Gasteiger partial charge is 0.368 e. The van der Waals surface area contributed by atoms with Crippen molar-refractivity contribution in [2.45, 2.75) is 38.6 Å². The molecule has 6 heteroatoms. The van der Waals surface area contributed by atoms with E-state index in [-0.39, 0.29) is 17.7 Å². The van der Waals surface area contributed by atoms with Crippen molar-refractivity contribution in [3.63, 3.8) is 0 Å². The van der Waals surface area contributed by atoms with Crippen LogP contribution in [-0.2, 0) is 16.6 Å². The van der Waals surface area contributed by atoms with Crippen LogP contribution in [-0.4, -0.2) is 22.8 Å². The van der Waals surface area contributed by atoms with Crippen molar-refractivity contribution in [2.75, 3.05) is 0 Å². The van der Waals surface area contributed by atoms with Crippen LogP contribution in [0.2, 0.25) is 0 Å². The van der Waals surface area contributed by atoms with Crippen LogP contribution in [0.4, 0.5) is 0 Å². The maximum Gasteiger partial charge on any atom is 0.251 e. The fourth-order valence-electron chi connectivity index (χ4n) is 2.38. The number of carbonyl (C=O) groups excluding carboxylic acids is 2. The highest BCUT2D eigenvalue weighted by Gasteiger charge is 2.21. The Bertz CT molecular complexity index is 767. The first-order valence-electron chi connectivity index (χ1n) is 7.98. The molecule has 132 valence electrons. The van der Waals surface area contributed by atoms with E-state index < -0.39 is 11.9 Å². The number of pyridine rings is 1. The van der Waals surface area contributed by atoms with Crippen molar-refractivity contribution in [3.8, 4) is 0 Å². The number of benzene rings is 1. The minimum absolute atomic E-state index is 0.0113. The summed E-state index contributed by atoms with van der Waals surface area (Å²) < 4.78 is 0.630. The lowest BCUT2D eigenvalue weighted by Crippen LogP contribution is -2.45. The highest BCUT2D eigenvalue weighted by atomic mass is 79.9. The number of hydrogen-bond acceptors (Lipinski definition) is 3. The Balaban J connectivity index is 2.13.